The van der Waals surface area contributed by atoms with Crippen molar-refractivity contribution in [3.05, 3.63) is 167 Å². The van der Waals surface area contributed by atoms with E-state index >= 15 is 0 Å². The Hall–Kier alpha value is -4.47. The van der Waals surface area contributed by atoms with Crippen molar-refractivity contribution in [3.63, 3.8) is 0 Å². The first-order chi connectivity index (χ1) is 20.6. The number of nitrogens with zero attached hydrogens (tertiary/aromatic N) is 2. The standard InChI is InChI=1S/C39H33BrN2/c1-28-25-33(40)20-22-36(28)37-23-21-35(26-29(37)2)42(39-19-7-6-18-38(39)31-11-4-3-5-12-31)34-16-8-13-30(14-9-17-34)32-15-10-24-41-27-32/h3-16,18-27,34H,17H2,1-2H3/b14-9-,16-8-,30-13+. The van der Waals surface area contributed by atoms with E-state index in [-0.39, 0.29) is 6.04 Å². The number of para-hydroxylation sites is 1. The molecule has 1 aliphatic carbocycles. The van der Waals surface area contributed by atoms with Crippen LogP contribution < -0.4 is 4.90 Å². The Morgan fingerprint density at radius 2 is 1.48 bits per heavy atom. The Bertz CT molecular complexity index is 1780. The summed E-state index contributed by atoms with van der Waals surface area (Å²) in [5.74, 6) is 0. The van der Waals surface area contributed by atoms with Gasteiger partial charge in [-0.15, -0.1) is 0 Å². The molecule has 0 N–H and O–H groups in total. The van der Waals surface area contributed by atoms with E-state index in [4.69, 9.17) is 0 Å². The van der Waals surface area contributed by atoms with Crippen molar-refractivity contribution in [1.29, 1.82) is 0 Å². The van der Waals surface area contributed by atoms with Gasteiger partial charge in [-0.2, -0.15) is 0 Å². The average molecular weight is 610 g/mol. The highest BCUT2D eigenvalue weighted by atomic mass is 79.9. The van der Waals surface area contributed by atoms with Gasteiger partial charge in [0, 0.05) is 33.8 Å². The van der Waals surface area contributed by atoms with Crippen LogP contribution in [-0.4, -0.2) is 11.0 Å². The Morgan fingerprint density at radius 3 is 2.24 bits per heavy atom. The van der Waals surface area contributed by atoms with E-state index in [1.807, 2.05) is 18.5 Å². The van der Waals surface area contributed by atoms with E-state index in [0.717, 1.165) is 16.5 Å². The molecular formula is C39H33BrN2. The van der Waals surface area contributed by atoms with Crippen molar-refractivity contribution in [2.45, 2.75) is 26.3 Å². The van der Waals surface area contributed by atoms with Gasteiger partial charge in [0.05, 0.1) is 6.04 Å². The van der Waals surface area contributed by atoms with Gasteiger partial charge in [-0.25, -0.2) is 0 Å². The fourth-order valence-electron chi connectivity index (χ4n) is 5.76. The molecule has 3 heteroatoms. The maximum Gasteiger partial charge on any atom is 0.0560 e. The number of hydrogen-bond donors (Lipinski definition) is 0. The van der Waals surface area contributed by atoms with Crippen molar-refractivity contribution < 1.29 is 0 Å². The van der Waals surface area contributed by atoms with Crippen LogP contribution in [0.15, 0.2) is 150 Å². The van der Waals surface area contributed by atoms with Crippen LogP contribution in [0, 0.1) is 13.8 Å². The molecule has 1 atom stereocenters. The van der Waals surface area contributed by atoms with E-state index in [9.17, 15) is 0 Å². The first-order valence-electron chi connectivity index (χ1n) is 14.3. The SMILES string of the molecule is Cc1cc(Br)ccc1-c1ccc(N(c2ccccc2-c2ccccc2)C2\C=C/C=C(c3cccnc3)\C=C/C2)cc1C. The fraction of sp³-hybridized carbons (Fsp3) is 0.103. The van der Waals surface area contributed by atoms with E-state index in [1.54, 1.807) is 0 Å². The third-order valence-corrected chi connectivity index (χ3v) is 8.32. The monoisotopic (exact) mass is 608 g/mol. The van der Waals surface area contributed by atoms with Crippen molar-refractivity contribution in [1.82, 2.24) is 4.98 Å². The zero-order chi connectivity index (χ0) is 28.9. The fourth-order valence-corrected chi connectivity index (χ4v) is 6.23. The van der Waals surface area contributed by atoms with Gasteiger partial charge in [0.1, 0.15) is 0 Å². The first-order valence-corrected chi connectivity index (χ1v) is 15.1. The Labute approximate surface area is 257 Å². The molecule has 1 aromatic heterocycles. The second kappa shape index (κ2) is 12.6. The number of aryl methyl sites for hydroxylation is 2. The lowest BCUT2D eigenvalue weighted by Crippen LogP contribution is -2.30. The molecule has 0 spiro atoms. The second-order valence-electron chi connectivity index (χ2n) is 10.7. The maximum atomic E-state index is 4.31. The van der Waals surface area contributed by atoms with Crippen LogP contribution in [0.3, 0.4) is 0 Å². The van der Waals surface area contributed by atoms with Crippen LogP contribution in [-0.2, 0) is 0 Å². The summed E-state index contributed by atoms with van der Waals surface area (Å²) in [5.41, 5.74) is 12.1. The minimum absolute atomic E-state index is 0.123. The summed E-state index contributed by atoms with van der Waals surface area (Å²) < 4.78 is 1.10. The average Bonchev–Trinajstić information content (AvgIpc) is 3.00. The molecule has 5 aromatic rings. The highest BCUT2D eigenvalue weighted by Crippen LogP contribution is 2.40. The molecule has 0 radical (unpaired) electrons. The molecule has 1 aliphatic rings. The first kappa shape index (κ1) is 27.7. The summed E-state index contributed by atoms with van der Waals surface area (Å²) in [6.45, 7) is 4.40. The van der Waals surface area contributed by atoms with E-state index < -0.39 is 0 Å². The minimum atomic E-state index is 0.123. The van der Waals surface area contributed by atoms with Gasteiger partial charge in [-0.1, -0.05) is 113 Å². The maximum absolute atomic E-state index is 4.31. The summed E-state index contributed by atoms with van der Waals surface area (Å²) in [7, 11) is 0. The van der Waals surface area contributed by atoms with Gasteiger partial charge in [0.15, 0.2) is 0 Å². The Balaban J connectivity index is 1.46. The number of hydrogen-bond acceptors (Lipinski definition) is 2. The van der Waals surface area contributed by atoms with E-state index in [2.05, 4.69) is 167 Å². The Kier molecular flexibility index (Phi) is 8.30. The summed E-state index contributed by atoms with van der Waals surface area (Å²) in [4.78, 5) is 6.81. The number of allylic oxidation sites excluding steroid dienone is 4. The summed E-state index contributed by atoms with van der Waals surface area (Å²) in [6.07, 6.45) is 15.8. The molecule has 42 heavy (non-hydrogen) atoms. The molecule has 1 heterocycles. The van der Waals surface area contributed by atoms with Crippen LogP contribution in [0.5, 0.6) is 0 Å². The lowest BCUT2D eigenvalue weighted by Gasteiger charge is -2.34. The number of benzene rings is 4. The van der Waals surface area contributed by atoms with Crippen LogP contribution in [0.25, 0.3) is 27.8 Å². The van der Waals surface area contributed by atoms with E-state index in [1.165, 1.54) is 50.3 Å². The van der Waals surface area contributed by atoms with Gasteiger partial charge in [0.2, 0.25) is 0 Å². The van der Waals surface area contributed by atoms with Crippen LogP contribution in [0.2, 0.25) is 0 Å². The number of pyridine rings is 1. The molecule has 6 rings (SSSR count). The quantitative estimate of drug-likeness (QED) is 0.190. The van der Waals surface area contributed by atoms with Crippen molar-refractivity contribution in [3.8, 4) is 22.3 Å². The molecular weight excluding hydrogens is 576 g/mol. The molecule has 0 saturated carbocycles. The third kappa shape index (κ3) is 5.93. The lowest BCUT2D eigenvalue weighted by atomic mass is 9.94. The lowest BCUT2D eigenvalue weighted by molar-refractivity contribution is 0.792. The number of halogens is 1. The normalized spacial score (nSPS) is 17.4. The highest BCUT2D eigenvalue weighted by molar-refractivity contribution is 9.10. The molecule has 0 amide bonds. The molecule has 4 aromatic carbocycles. The smallest absolute Gasteiger partial charge is 0.0560 e. The highest BCUT2D eigenvalue weighted by Gasteiger charge is 2.22. The minimum Gasteiger partial charge on any atom is -0.334 e. The van der Waals surface area contributed by atoms with E-state index in [0.29, 0.717) is 0 Å². The van der Waals surface area contributed by atoms with Gasteiger partial charge in [-0.05, 0) is 95.6 Å². The van der Waals surface area contributed by atoms with Crippen LogP contribution >= 0.6 is 15.9 Å². The number of anilines is 2. The summed E-state index contributed by atoms with van der Waals surface area (Å²) >= 11 is 3.62. The van der Waals surface area contributed by atoms with Gasteiger partial charge in [0.25, 0.3) is 0 Å². The van der Waals surface area contributed by atoms with Crippen LogP contribution in [0.4, 0.5) is 11.4 Å². The van der Waals surface area contributed by atoms with Crippen molar-refractivity contribution >= 4 is 32.9 Å². The molecule has 0 saturated heterocycles. The van der Waals surface area contributed by atoms with Gasteiger partial charge in [-0.3, -0.25) is 4.98 Å². The topological polar surface area (TPSA) is 16.1 Å². The van der Waals surface area contributed by atoms with Crippen molar-refractivity contribution in [2.75, 3.05) is 4.90 Å². The second-order valence-corrected chi connectivity index (χ2v) is 11.6. The summed E-state index contributed by atoms with van der Waals surface area (Å²) in [6, 6.07) is 37.1. The molecule has 206 valence electrons. The number of aromatic nitrogens is 1. The largest absolute Gasteiger partial charge is 0.334 e. The molecule has 1 unspecified atom stereocenters. The molecule has 2 nitrogen and oxygen atoms in total. The zero-order valence-electron chi connectivity index (χ0n) is 23.9. The summed E-state index contributed by atoms with van der Waals surface area (Å²) in [5, 5.41) is 0. The Morgan fingerprint density at radius 1 is 0.738 bits per heavy atom. The van der Waals surface area contributed by atoms with Crippen molar-refractivity contribution in [2.24, 2.45) is 0 Å². The zero-order valence-corrected chi connectivity index (χ0v) is 25.5. The third-order valence-electron chi connectivity index (χ3n) is 7.83. The molecule has 0 fully saturated rings. The van der Waals surface area contributed by atoms with Gasteiger partial charge >= 0.3 is 0 Å². The predicted octanol–water partition coefficient (Wildman–Crippen LogP) is 10.9. The number of rotatable bonds is 6. The van der Waals surface area contributed by atoms with Gasteiger partial charge < -0.3 is 4.90 Å². The molecule has 0 aliphatic heterocycles. The predicted molar refractivity (Wildman–Crippen MR) is 182 cm³/mol. The molecule has 0 bridgehead atoms. The van der Waals surface area contributed by atoms with Crippen LogP contribution in [0.1, 0.15) is 23.1 Å².